The van der Waals surface area contributed by atoms with Crippen LogP contribution in [0, 0.1) is 24.7 Å². The van der Waals surface area contributed by atoms with Crippen LogP contribution >= 0.6 is 23.1 Å². The number of methoxy groups -OCH3 is 1. The van der Waals surface area contributed by atoms with E-state index in [-0.39, 0.29) is 111 Å². The number of amides is 9. The minimum atomic E-state index is -0.999. The van der Waals surface area contributed by atoms with Crippen molar-refractivity contribution in [1.29, 1.82) is 0 Å². The summed E-state index contributed by atoms with van der Waals surface area (Å²) in [6.07, 6.45) is 5.77. The molecule has 91 heavy (non-hydrogen) atoms. The van der Waals surface area contributed by atoms with E-state index in [0.717, 1.165) is 27.2 Å². The second kappa shape index (κ2) is 37.6. The lowest BCUT2D eigenvalue weighted by Crippen LogP contribution is -2.60. The van der Waals surface area contributed by atoms with Gasteiger partial charge in [-0.05, 0) is 133 Å². The first-order valence-electron chi connectivity index (χ1n) is 31.5. The van der Waals surface area contributed by atoms with Gasteiger partial charge in [0.05, 0.1) is 34.9 Å². The van der Waals surface area contributed by atoms with Gasteiger partial charge in [0.25, 0.3) is 5.91 Å². The zero-order valence-electron chi connectivity index (χ0n) is 55.8. The number of imide groups is 1. The third kappa shape index (κ3) is 24.0. The van der Waals surface area contributed by atoms with Crippen molar-refractivity contribution < 1.29 is 62.5 Å². The molecule has 1 fully saturated rings. The molecule has 1 saturated heterocycles. The average Bonchev–Trinajstić information content (AvgIpc) is 2.61. The summed E-state index contributed by atoms with van der Waals surface area (Å²) in [6, 6.07) is 10.9. The number of thioether (sulfide) groups is 1. The molecule has 4 unspecified atom stereocenters. The normalized spacial score (nSPS) is 15.7. The van der Waals surface area contributed by atoms with Crippen LogP contribution in [-0.4, -0.2) is 193 Å². The lowest BCUT2D eigenvalue weighted by atomic mass is 9.88. The van der Waals surface area contributed by atoms with Crippen molar-refractivity contribution >= 4 is 87.9 Å². The number of carboxylic acids is 1. The molecular weight excluding hydrogens is 1200 g/mol. The third-order valence-corrected chi connectivity index (χ3v) is 19.1. The second-order valence-electron chi connectivity index (χ2n) is 24.8. The van der Waals surface area contributed by atoms with Crippen LogP contribution in [0.3, 0.4) is 0 Å². The summed E-state index contributed by atoms with van der Waals surface area (Å²) in [7, 11) is 8.43. The number of thiazole rings is 1. The second-order valence-corrected chi connectivity index (χ2v) is 26.7. The fourth-order valence-corrected chi connectivity index (χ4v) is 12.0. The molecule has 3 aromatic rings. The van der Waals surface area contributed by atoms with E-state index in [4.69, 9.17) is 14.5 Å². The molecule has 4 rings (SSSR count). The minimum Gasteiger partial charge on any atom is -0.481 e. The molecule has 504 valence electrons. The van der Waals surface area contributed by atoms with Crippen molar-refractivity contribution in [2.45, 2.75) is 173 Å². The van der Waals surface area contributed by atoms with Gasteiger partial charge in [-0.15, -0.1) is 11.3 Å². The number of hydrogen-bond acceptors (Lipinski definition) is 16. The quantitative estimate of drug-likeness (QED) is 0.0257. The summed E-state index contributed by atoms with van der Waals surface area (Å²) in [5.74, 6) is -5.62. The number of likely N-dealkylation sites (tertiary alicyclic amines) is 1. The molecule has 0 bridgehead atoms. The largest absolute Gasteiger partial charge is 0.481 e. The molecule has 23 nitrogen and oxygen atoms in total. The van der Waals surface area contributed by atoms with Crippen LogP contribution in [0.1, 0.15) is 150 Å². The number of carboxylic acid groups (broad SMARTS) is 1. The lowest BCUT2D eigenvalue weighted by molar-refractivity contribution is -0.142. The Balaban J connectivity index is 1.43. The molecular formula is C66H100N10O13S2. The Morgan fingerprint density at radius 3 is 2.15 bits per heavy atom. The first kappa shape index (κ1) is 76.7. The van der Waals surface area contributed by atoms with E-state index in [9.17, 15) is 53.1 Å². The minimum absolute atomic E-state index is 0.0444. The van der Waals surface area contributed by atoms with Crippen molar-refractivity contribution in [3.05, 3.63) is 80.8 Å². The van der Waals surface area contributed by atoms with Crippen LogP contribution < -0.4 is 31.9 Å². The predicted octanol–water partition coefficient (Wildman–Crippen LogP) is 5.91. The number of hydrogen-bond donors (Lipinski definition) is 7. The first-order chi connectivity index (χ1) is 43.0. The molecule has 0 radical (unpaired) electrons. The number of ether oxygens (including phenoxy) is 2. The highest BCUT2D eigenvalue weighted by Crippen LogP contribution is 2.33. The maximum absolute atomic E-state index is 14.4. The van der Waals surface area contributed by atoms with E-state index in [1.807, 2.05) is 91.2 Å². The van der Waals surface area contributed by atoms with Gasteiger partial charge in [0.15, 0.2) is 0 Å². The number of aryl methyl sites for hydroxylation is 3. The Kier molecular flexibility index (Phi) is 31.7. The molecule has 7 N–H and O–H groups in total. The molecule has 0 saturated carbocycles. The number of unbranched alkanes of at least 4 members (excludes halogenated alkanes) is 1. The predicted molar refractivity (Wildman–Crippen MR) is 353 cm³/mol. The Labute approximate surface area is 545 Å². The van der Waals surface area contributed by atoms with Crippen molar-refractivity contribution in [3.63, 3.8) is 0 Å². The van der Waals surface area contributed by atoms with Crippen LogP contribution in [0.15, 0.2) is 47.8 Å². The van der Waals surface area contributed by atoms with Crippen molar-refractivity contribution in [3.8, 4) is 0 Å². The van der Waals surface area contributed by atoms with Crippen molar-refractivity contribution in [2.24, 2.45) is 17.8 Å². The van der Waals surface area contributed by atoms with Crippen LogP contribution in [0.5, 0.6) is 0 Å². The standard InChI is InChI=1S/C66H100N10O13S2/c1-15-41(4)58(73-65(87)66(7,8)74(10)11)63(84)75(12)52(40(2)3)35-47(36-55(78)67-9)61-72-51(39-91-61)60(82)69-48(33-43(6)64(85)86)34-46-23-20-44(21-24-46)19-22-45-25-26-49(42(5)32-45)71-59(81)50(18-16-17-28-68-56(79)38-89-31-30-88-13)70-54(77)27-29-76-57(80)37-53(90-14)62(76)83/h20-21,23-26,32,39-41,43,47-48,50,52-53,58H,15-19,22,27-31,33-38H2,1-14H3,(H,67,78)(H,68,79)(H,69,82)(H,70,77)(H,71,81)(H,73,87)(H,85,86)/t41?,43?,47-,48+,50?,52+,53?,58-/m0/s1. The van der Waals surface area contributed by atoms with Crippen LogP contribution in [0.2, 0.25) is 0 Å². The van der Waals surface area contributed by atoms with Gasteiger partial charge in [-0.2, -0.15) is 11.8 Å². The molecule has 1 aliphatic heterocycles. The zero-order chi connectivity index (χ0) is 67.7. The molecule has 8 atom stereocenters. The average molecular weight is 1310 g/mol. The molecule has 1 aliphatic rings. The molecule has 2 heterocycles. The smallest absolute Gasteiger partial charge is 0.306 e. The SMILES string of the molecule is CCC(C)[C@H](NC(=O)C(C)(C)N(C)C)C(=O)N(C)[C@H](C[C@@H](CC(=O)NC)c1nc(C(=O)N[C@@H](Cc2ccc(CCc3ccc(NC(=O)C(CCCCNC(=O)COCCOC)NC(=O)CCN4C(=O)CC(SC)C4=O)c(C)c3)cc2)CC(C)C(=O)O)cs1)C(C)C. The number of rotatable bonds is 40. The summed E-state index contributed by atoms with van der Waals surface area (Å²) < 4.78 is 10.2. The van der Waals surface area contributed by atoms with Gasteiger partial charge in [0.2, 0.25) is 47.3 Å². The number of carbonyl (C=O) groups excluding carboxylic acids is 9. The Bertz CT molecular complexity index is 2940. The van der Waals surface area contributed by atoms with E-state index in [1.165, 1.54) is 30.2 Å². The summed E-state index contributed by atoms with van der Waals surface area (Å²) in [4.78, 5) is 141. The van der Waals surface area contributed by atoms with Gasteiger partial charge >= 0.3 is 5.97 Å². The van der Waals surface area contributed by atoms with Gasteiger partial charge < -0.3 is 51.4 Å². The number of aromatic nitrogens is 1. The molecule has 0 spiro atoms. The van der Waals surface area contributed by atoms with E-state index < -0.39 is 64.4 Å². The fourth-order valence-electron chi connectivity index (χ4n) is 10.4. The summed E-state index contributed by atoms with van der Waals surface area (Å²) in [6.45, 7) is 15.8. The number of carbonyl (C=O) groups is 10. The van der Waals surface area contributed by atoms with E-state index in [0.29, 0.717) is 68.8 Å². The molecule has 2 aromatic carbocycles. The van der Waals surface area contributed by atoms with Crippen molar-refractivity contribution in [2.75, 3.05) is 79.8 Å². The summed E-state index contributed by atoms with van der Waals surface area (Å²) >= 11 is 2.53. The number of aliphatic carboxylic acids is 1. The highest BCUT2D eigenvalue weighted by Gasteiger charge is 2.40. The summed E-state index contributed by atoms with van der Waals surface area (Å²) in [5, 5.41) is 29.0. The maximum atomic E-state index is 14.4. The van der Waals surface area contributed by atoms with Crippen LogP contribution in [-0.2, 0) is 71.9 Å². The highest BCUT2D eigenvalue weighted by atomic mass is 32.2. The number of nitrogens with zero attached hydrogens (tertiary/aromatic N) is 4. The highest BCUT2D eigenvalue weighted by molar-refractivity contribution is 8.00. The number of nitrogens with one attached hydrogen (secondary N) is 6. The number of benzene rings is 2. The zero-order valence-corrected chi connectivity index (χ0v) is 57.4. The molecule has 9 amide bonds. The maximum Gasteiger partial charge on any atom is 0.306 e. The fraction of sp³-hybridized carbons (Fsp3) is 0.621. The Morgan fingerprint density at radius 1 is 0.879 bits per heavy atom. The van der Waals surface area contributed by atoms with Gasteiger partial charge in [-0.3, -0.25) is 57.7 Å². The number of anilines is 1. The molecule has 1 aromatic heterocycles. The van der Waals surface area contributed by atoms with Crippen LogP contribution in [0.4, 0.5) is 5.69 Å². The topological polar surface area (TPSA) is 304 Å². The summed E-state index contributed by atoms with van der Waals surface area (Å²) in [5.41, 5.74) is 3.54. The monoisotopic (exact) mass is 1300 g/mol. The number of likely N-dealkylation sites (N-methyl/N-ethyl adjacent to an activating group) is 2. The van der Waals surface area contributed by atoms with Gasteiger partial charge in [-0.1, -0.05) is 77.4 Å². The van der Waals surface area contributed by atoms with E-state index in [1.54, 1.807) is 56.3 Å². The third-order valence-electron chi connectivity index (χ3n) is 17.2. The Morgan fingerprint density at radius 2 is 1.55 bits per heavy atom. The molecule has 0 aliphatic carbocycles. The van der Waals surface area contributed by atoms with E-state index >= 15 is 0 Å². The first-order valence-corrected chi connectivity index (χ1v) is 33.6. The lowest BCUT2D eigenvalue weighted by Gasteiger charge is -2.38. The Hall–Kier alpha value is -6.80. The van der Waals surface area contributed by atoms with Crippen LogP contribution in [0.25, 0.3) is 0 Å². The molecule has 25 heteroatoms. The van der Waals surface area contributed by atoms with Gasteiger partial charge in [-0.25, -0.2) is 4.98 Å². The van der Waals surface area contributed by atoms with Gasteiger partial charge in [0.1, 0.15) is 24.4 Å². The van der Waals surface area contributed by atoms with E-state index in [2.05, 4.69) is 31.9 Å². The van der Waals surface area contributed by atoms with Crippen molar-refractivity contribution in [1.82, 2.24) is 46.3 Å². The van der Waals surface area contributed by atoms with Gasteiger partial charge in [0, 0.05) is 82.6 Å².